The smallest absolute Gasteiger partial charge is 0.257 e. The van der Waals surface area contributed by atoms with E-state index in [9.17, 15) is 0 Å². The molecule has 1 aliphatic rings. The highest BCUT2D eigenvalue weighted by Crippen LogP contribution is 2.23. The molecule has 2 heterocycles. The number of aryl methyl sites for hydroxylation is 2. The normalized spacial score (nSPS) is 14.5. The Bertz CT molecular complexity index is 672. The van der Waals surface area contributed by atoms with Crippen LogP contribution in [0.3, 0.4) is 0 Å². The predicted molar refractivity (Wildman–Crippen MR) is 94.0 cm³/mol. The average Bonchev–Trinajstić information content (AvgIpc) is 2.62. The molecule has 6 nitrogen and oxygen atoms in total. The van der Waals surface area contributed by atoms with Crippen molar-refractivity contribution >= 4 is 5.82 Å². The molecule has 0 atom stereocenters. The largest absolute Gasteiger partial charge is 0.490 e. The zero-order valence-corrected chi connectivity index (χ0v) is 14.3. The van der Waals surface area contributed by atoms with E-state index in [0.29, 0.717) is 19.1 Å². The number of ether oxygens (including phenoxy) is 2. The van der Waals surface area contributed by atoms with Gasteiger partial charge < -0.3 is 19.7 Å². The summed E-state index contributed by atoms with van der Waals surface area (Å²) in [5.41, 5.74) is 2.31. The monoisotopic (exact) mass is 328 g/mol. The van der Waals surface area contributed by atoms with Crippen LogP contribution in [0.5, 0.6) is 11.6 Å². The van der Waals surface area contributed by atoms with Crippen molar-refractivity contribution in [3.63, 3.8) is 0 Å². The number of hydrogen-bond acceptors (Lipinski definition) is 6. The third kappa shape index (κ3) is 4.14. The highest BCUT2D eigenvalue weighted by molar-refractivity contribution is 5.48. The first-order valence-corrected chi connectivity index (χ1v) is 8.33. The van der Waals surface area contributed by atoms with Gasteiger partial charge in [-0.05, 0) is 31.0 Å². The lowest BCUT2D eigenvalue weighted by Gasteiger charge is -2.28. The molecule has 1 fully saturated rings. The summed E-state index contributed by atoms with van der Waals surface area (Å²) < 4.78 is 11.6. The first-order valence-electron chi connectivity index (χ1n) is 8.33. The van der Waals surface area contributed by atoms with Gasteiger partial charge >= 0.3 is 0 Å². The molecule has 1 aromatic carbocycles. The molecule has 0 unspecified atom stereocenters. The molecule has 0 radical (unpaired) electrons. The van der Waals surface area contributed by atoms with E-state index in [2.05, 4.69) is 39.2 Å². The van der Waals surface area contributed by atoms with E-state index in [1.54, 1.807) is 12.4 Å². The highest BCUT2D eigenvalue weighted by Gasteiger charge is 2.17. The van der Waals surface area contributed by atoms with Gasteiger partial charge in [-0.3, -0.25) is 0 Å². The van der Waals surface area contributed by atoms with Gasteiger partial charge in [0, 0.05) is 38.6 Å². The van der Waals surface area contributed by atoms with Crippen LogP contribution in [0.25, 0.3) is 0 Å². The van der Waals surface area contributed by atoms with Gasteiger partial charge in [-0.15, -0.1) is 0 Å². The van der Waals surface area contributed by atoms with Gasteiger partial charge in [0.05, 0.1) is 0 Å². The number of anilines is 1. The van der Waals surface area contributed by atoms with Crippen molar-refractivity contribution in [1.29, 1.82) is 0 Å². The Hall–Kier alpha value is -2.34. The number of piperazine rings is 1. The molecular weight excluding hydrogens is 304 g/mol. The Balaban J connectivity index is 1.56. The Kier molecular flexibility index (Phi) is 5.48. The molecule has 0 bridgehead atoms. The molecular formula is C18H24N4O2. The Morgan fingerprint density at radius 3 is 2.62 bits per heavy atom. The number of benzene rings is 1. The molecule has 2 aromatic rings. The fraction of sp³-hybridized carbons (Fsp3) is 0.444. The topological polar surface area (TPSA) is 59.5 Å². The number of nitrogens with one attached hydrogen (secondary N) is 1. The van der Waals surface area contributed by atoms with Crippen LogP contribution in [-0.4, -0.2) is 49.4 Å². The summed E-state index contributed by atoms with van der Waals surface area (Å²) in [6, 6.07) is 6.19. The zero-order valence-electron chi connectivity index (χ0n) is 14.3. The third-order valence-electron chi connectivity index (χ3n) is 3.99. The first kappa shape index (κ1) is 16.5. The molecule has 24 heavy (non-hydrogen) atoms. The highest BCUT2D eigenvalue weighted by atomic mass is 16.5. The minimum Gasteiger partial charge on any atom is -0.490 e. The number of nitrogens with zero attached hydrogens (tertiary/aromatic N) is 3. The van der Waals surface area contributed by atoms with Crippen LogP contribution in [0.15, 0.2) is 30.6 Å². The van der Waals surface area contributed by atoms with Crippen LogP contribution in [0, 0.1) is 13.8 Å². The molecule has 1 N–H and O–H groups in total. The Labute approximate surface area is 142 Å². The van der Waals surface area contributed by atoms with Crippen molar-refractivity contribution in [3.05, 3.63) is 41.7 Å². The maximum absolute atomic E-state index is 5.83. The molecule has 6 heteroatoms. The van der Waals surface area contributed by atoms with E-state index >= 15 is 0 Å². The minimum atomic E-state index is 0.436. The van der Waals surface area contributed by atoms with Gasteiger partial charge in [0.2, 0.25) is 0 Å². The summed E-state index contributed by atoms with van der Waals surface area (Å²) in [6.07, 6.45) is 3.36. The molecule has 1 aliphatic heterocycles. The molecule has 0 aliphatic carbocycles. The van der Waals surface area contributed by atoms with E-state index < -0.39 is 0 Å². The lowest BCUT2D eigenvalue weighted by molar-refractivity contribution is 0.211. The number of aromatic nitrogens is 2. The van der Waals surface area contributed by atoms with E-state index in [4.69, 9.17) is 9.47 Å². The van der Waals surface area contributed by atoms with Crippen molar-refractivity contribution < 1.29 is 9.47 Å². The van der Waals surface area contributed by atoms with Crippen molar-refractivity contribution in [2.24, 2.45) is 0 Å². The molecule has 3 rings (SSSR count). The van der Waals surface area contributed by atoms with E-state index in [0.717, 1.165) is 43.3 Å². The fourth-order valence-electron chi connectivity index (χ4n) is 2.67. The molecule has 0 spiro atoms. The SMILES string of the molecule is Cc1ccc(C)c(OCCOc2nccnc2N2CCNCC2)c1. The van der Waals surface area contributed by atoms with Gasteiger partial charge in [-0.2, -0.15) is 0 Å². The molecule has 0 amide bonds. The standard InChI is InChI=1S/C18H24N4O2/c1-14-3-4-15(2)16(13-14)23-11-12-24-18-17(20-5-6-21-18)22-9-7-19-8-10-22/h3-6,13,19H,7-12H2,1-2H3. The number of hydrogen-bond donors (Lipinski definition) is 1. The second kappa shape index (κ2) is 7.97. The summed E-state index contributed by atoms with van der Waals surface area (Å²) in [4.78, 5) is 11.0. The summed E-state index contributed by atoms with van der Waals surface area (Å²) in [6.45, 7) is 8.73. The third-order valence-corrected chi connectivity index (χ3v) is 3.99. The maximum Gasteiger partial charge on any atom is 0.257 e. The Morgan fingerprint density at radius 2 is 1.79 bits per heavy atom. The van der Waals surface area contributed by atoms with Crippen LogP contribution >= 0.6 is 0 Å². The van der Waals surface area contributed by atoms with Crippen molar-refractivity contribution in [2.75, 3.05) is 44.3 Å². The van der Waals surface area contributed by atoms with Gasteiger partial charge in [-0.1, -0.05) is 12.1 Å². The zero-order chi connectivity index (χ0) is 16.8. The van der Waals surface area contributed by atoms with Crippen LogP contribution in [0.2, 0.25) is 0 Å². The van der Waals surface area contributed by atoms with E-state index in [1.165, 1.54) is 5.56 Å². The maximum atomic E-state index is 5.83. The molecule has 0 saturated carbocycles. The van der Waals surface area contributed by atoms with Crippen LogP contribution in [0.1, 0.15) is 11.1 Å². The summed E-state index contributed by atoms with van der Waals surface area (Å²) in [5.74, 6) is 2.29. The number of rotatable bonds is 6. The predicted octanol–water partition coefficient (Wildman–Crippen LogP) is 1.96. The quantitative estimate of drug-likeness (QED) is 0.818. The fourth-order valence-corrected chi connectivity index (χ4v) is 2.67. The second-order valence-corrected chi connectivity index (χ2v) is 5.89. The average molecular weight is 328 g/mol. The first-order chi connectivity index (χ1) is 11.7. The van der Waals surface area contributed by atoms with Crippen molar-refractivity contribution in [2.45, 2.75) is 13.8 Å². The molecule has 1 aromatic heterocycles. The summed E-state index contributed by atoms with van der Waals surface area (Å²) in [5, 5.41) is 3.33. The van der Waals surface area contributed by atoms with Gasteiger partial charge in [0.15, 0.2) is 5.82 Å². The molecule has 128 valence electrons. The van der Waals surface area contributed by atoms with Gasteiger partial charge in [-0.25, -0.2) is 9.97 Å². The van der Waals surface area contributed by atoms with Crippen molar-refractivity contribution in [1.82, 2.24) is 15.3 Å². The van der Waals surface area contributed by atoms with Gasteiger partial charge in [0.1, 0.15) is 19.0 Å². The van der Waals surface area contributed by atoms with E-state index in [-0.39, 0.29) is 0 Å². The van der Waals surface area contributed by atoms with E-state index in [1.807, 2.05) is 13.0 Å². The summed E-state index contributed by atoms with van der Waals surface area (Å²) >= 11 is 0. The minimum absolute atomic E-state index is 0.436. The van der Waals surface area contributed by atoms with Crippen LogP contribution < -0.4 is 19.7 Å². The van der Waals surface area contributed by atoms with Crippen LogP contribution in [0.4, 0.5) is 5.82 Å². The second-order valence-electron chi connectivity index (χ2n) is 5.89. The lowest BCUT2D eigenvalue weighted by Crippen LogP contribution is -2.44. The Morgan fingerprint density at radius 1 is 1.04 bits per heavy atom. The lowest BCUT2D eigenvalue weighted by atomic mass is 10.1. The van der Waals surface area contributed by atoms with Crippen molar-refractivity contribution in [3.8, 4) is 11.6 Å². The van der Waals surface area contributed by atoms with Gasteiger partial charge in [0.25, 0.3) is 5.88 Å². The summed E-state index contributed by atoms with van der Waals surface area (Å²) in [7, 11) is 0. The van der Waals surface area contributed by atoms with Crippen LogP contribution in [-0.2, 0) is 0 Å². The molecule has 1 saturated heterocycles.